The summed E-state index contributed by atoms with van der Waals surface area (Å²) in [4.78, 5) is 2.29. The molecule has 0 atom stereocenters. The minimum Gasteiger partial charge on any atom is -0.468 e. The van der Waals surface area contributed by atoms with Gasteiger partial charge in [0.2, 0.25) is 0 Å². The van der Waals surface area contributed by atoms with Gasteiger partial charge in [0, 0.05) is 12.1 Å². The molecule has 2 N–H and O–H groups in total. The molecule has 1 aliphatic carbocycles. The molecule has 0 amide bonds. The highest BCUT2D eigenvalue weighted by Crippen LogP contribution is 2.28. The molecule has 1 aromatic heterocycles. The van der Waals surface area contributed by atoms with Gasteiger partial charge in [-0.15, -0.1) is 0 Å². The zero-order valence-electron chi connectivity index (χ0n) is 10.8. The molecule has 0 aromatic carbocycles. The normalized spacial score (nSPS) is 19.7. The van der Waals surface area contributed by atoms with Crippen LogP contribution in [0.25, 0.3) is 0 Å². The Morgan fingerprint density at radius 1 is 1.35 bits per heavy atom. The summed E-state index contributed by atoms with van der Waals surface area (Å²) in [5, 5.41) is 0. The fourth-order valence-electron chi connectivity index (χ4n) is 2.67. The molecule has 3 nitrogen and oxygen atoms in total. The number of nitrogens with zero attached hydrogens (tertiary/aromatic N) is 1. The molecule has 0 spiro atoms. The van der Waals surface area contributed by atoms with Crippen molar-refractivity contribution in [1.29, 1.82) is 0 Å². The molecule has 0 saturated heterocycles. The van der Waals surface area contributed by atoms with Gasteiger partial charge < -0.3 is 10.2 Å². The minimum absolute atomic E-state index is 0.0929. The van der Waals surface area contributed by atoms with Crippen LogP contribution >= 0.6 is 0 Å². The highest BCUT2D eigenvalue weighted by molar-refractivity contribution is 4.97. The Bertz CT molecular complexity index is 315. The molecule has 1 fully saturated rings. The monoisotopic (exact) mass is 236 g/mol. The summed E-state index contributed by atoms with van der Waals surface area (Å²) in [7, 11) is 2.13. The Hall–Kier alpha value is -0.800. The third kappa shape index (κ3) is 3.86. The molecule has 1 aliphatic rings. The summed E-state index contributed by atoms with van der Waals surface area (Å²) >= 11 is 0. The van der Waals surface area contributed by atoms with Crippen molar-refractivity contribution < 1.29 is 4.42 Å². The molecule has 1 aromatic rings. The van der Waals surface area contributed by atoms with Gasteiger partial charge in [-0.25, -0.2) is 0 Å². The summed E-state index contributed by atoms with van der Waals surface area (Å²) < 4.78 is 5.35. The molecule has 0 bridgehead atoms. The van der Waals surface area contributed by atoms with Gasteiger partial charge in [0.15, 0.2) is 0 Å². The van der Waals surface area contributed by atoms with Crippen LogP contribution in [0.1, 0.15) is 44.3 Å². The first-order valence-electron chi connectivity index (χ1n) is 6.68. The van der Waals surface area contributed by atoms with Crippen LogP contribution in [0.2, 0.25) is 0 Å². The van der Waals surface area contributed by atoms with Crippen LogP contribution in [-0.2, 0) is 6.54 Å². The van der Waals surface area contributed by atoms with E-state index in [1.54, 1.807) is 6.26 Å². The van der Waals surface area contributed by atoms with Crippen LogP contribution < -0.4 is 5.73 Å². The lowest BCUT2D eigenvalue weighted by Gasteiger charge is -2.34. The third-order valence-corrected chi connectivity index (χ3v) is 3.85. The molecule has 3 heteroatoms. The zero-order chi connectivity index (χ0) is 12.1. The van der Waals surface area contributed by atoms with Gasteiger partial charge in [-0.2, -0.15) is 0 Å². The second-order valence-electron chi connectivity index (χ2n) is 5.49. The maximum Gasteiger partial charge on any atom is 0.117 e. The average Bonchev–Trinajstić information content (AvgIpc) is 2.80. The second kappa shape index (κ2) is 5.69. The number of hydrogen-bond acceptors (Lipinski definition) is 3. The third-order valence-electron chi connectivity index (χ3n) is 3.85. The average molecular weight is 236 g/mol. The van der Waals surface area contributed by atoms with E-state index < -0.39 is 0 Å². The van der Waals surface area contributed by atoms with Gasteiger partial charge in [0.05, 0.1) is 12.8 Å². The first kappa shape index (κ1) is 12.7. The SMILES string of the molecule is CN(CCC1(N)CCCCC1)Cc1ccco1. The number of furan rings is 1. The fourth-order valence-corrected chi connectivity index (χ4v) is 2.67. The lowest BCUT2D eigenvalue weighted by Crippen LogP contribution is -2.44. The fraction of sp³-hybridized carbons (Fsp3) is 0.714. The van der Waals surface area contributed by atoms with Gasteiger partial charge in [-0.3, -0.25) is 4.90 Å². The number of nitrogens with two attached hydrogens (primary N) is 1. The molecule has 0 unspecified atom stereocenters. The van der Waals surface area contributed by atoms with E-state index in [9.17, 15) is 0 Å². The summed E-state index contributed by atoms with van der Waals surface area (Å²) in [6.45, 7) is 1.93. The van der Waals surface area contributed by atoms with E-state index in [4.69, 9.17) is 10.2 Å². The van der Waals surface area contributed by atoms with E-state index in [2.05, 4.69) is 11.9 Å². The Morgan fingerprint density at radius 3 is 2.76 bits per heavy atom. The van der Waals surface area contributed by atoms with E-state index in [0.717, 1.165) is 25.3 Å². The van der Waals surface area contributed by atoms with Crippen molar-refractivity contribution in [3.05, 3.63) is 24.2 Å². The summed E-state index contributed by atoms with van der Waals surface area (Å²) in [5.74, 6) is 1.03. The number of rotatable bonds is 5. The van der Waals surface area contributed by atoms with Crippen LogP contribution in [0.4, 0.5) is 0 Å². The second-order valence-corrected chi connectivity index (χ2v) is 5.49. The van der Waals surface area contributed by atoms with Crippen LogP contribution in [0.5, 0.6) is 0 Å². The molecule has 2 rings (SSSR count). The van der Waals surface area contributed by atoms with E-state index in [1.807, 2.05) is 12.1 Å². The van der Waals surface area contributed by atoms with Crippen LogP contribution in [-0.4, -0.2) is 24.0 Å². The highest BCUT2D eigenvalue weighted by atomic mass is 16.3. The summed E-state index contributed by atoms with van der Waals surface area (Å²) in [6, 6.07) is 3.96. The minimum atomic E-state index is 0.0929. The molecule has 17 heavy (non-hydrogen) atoms. The van der Waals surface area contributed by atoms with Gasteiger partial charge in [-0.1, -0.05) is 19.3 Å². The van der Waals surface area contributed by atoms with Crippen molar-refractivity contribution in [3.63, 3.8) is 0 Å². The first-order valence-corrected chi connectivity index (χ1v) is 6.68. The number of hydrogen-bond donors (Lipinski definition) is 1. The molecule has 0 aliphatic heterocycles. The van der Waals surface area contributed by atoms with Crippen LogP contribution in [0.15, 0.2) is 22.8 Å². The molecular formula is C14H24N2O. The molecule has 0 radical (unpaired) electrons. The zero-order valence-corrected chi connectivity index (χ0v) is 10.8. The Labute approximate surface area is 104 Å². The maximum absolute atomic E-state index is 6.43. The summed E-state index contributed by atoms with van der Waals surface area (Å²) in [6.07, 6.45) is 9.19. The highest BCUT2D eigenvalue weighted by Gasteiger charge is 2.27. The van der Waals surface area contributed by atoms with Gasteiger partial charge >= 0.3 is 0 Å². The van der Waals surface area contributed by atoms with Gasteiger partial charge in [0.1, 0.15) is 5.76 Å². The lowest BCUT2D eigenvalue weighted by molar-refractivity contribution is 0.218. The maximum atomic E-state index is 6.43. The van der Waals surface area contributed by atoms with Crippen molar-refractivity contribution in [1.82, 2.24) is 4.90 Å². The predicted molar refractivity (Wildman–Crippen MR) is 69.7 cm³/mol. The largest absolute Gasteiger partial charge is 0.468 e. The molecule has 1 heterocycles. The van der Waals surface area contributed by atoms with E-state index in [0.29, 0.717) is 0 Å². The standard InChI is InChI=1S/C14H24N2O/c1-16(12-13-6-5-11-17-13)10-9-14(15)7-3-2-4-8-14/h5-6,11H,2-4,7-10,12,15H2,1H3. The van der Waals surface area contributed by atoms with Crippen molar-refractivity contribution in [3.8, 4) is 0 Å². The Morgan fingerprint density at radius 2 is 2.12 bits per heavy atom. The lowest BCUT2D eigenvalue weighted by atomic mass is 9.80. The van der Waals surface area contributed by atoms with Crippen molar-refractivity contribution >= 4 is 0 Å². The molecular weight excluding hydrogens is 212 g/mol. The van der Waals surface area contributed by atoms with E-state index in [1.165, 1.54) is 32.1 Å². The van der Waals surface area contributed by atoms with Gasteiger partial charge in [0.25, 0.3) is 0 Å². The smallest absolute Gasteiger partial charge is 0.117 e. The van der Waals surface area contributed by atoms with Crippen molar-refractivity contribution in [2.45, 2.75) is 50.6 Å². The van der Waals surface area contributed by atoms with Crippen molar-refractivity contribution in [2.75, 3.05) is 13.6 Å². The van der Waals surface area contributed by atoms with Crippen LogP contribution in [0.3, 0.4) is 0 Å². The molecule has 96 valence electrons. The van der Waals surface area contributed by atoms with E-state index >= 15 is 0 Å². The summed E-state index contributed by atoms with van der Waals surface area (Å²) in [5.41, 5.74) is 6.52. The molecule has 1 saturated carbocycles. The van der Waals surface area contributed by atoms with Crippen molar-refractivity contribution in [2.24, 2.45) is 5.73 Å². The van der Waals surface area contributed by atoms with Gasteiger partial charge in [-0.05, 0) is 38.4 Å². The van der Waals surface area contributed by atoms with Crippen LogP contribution in [0, 0.1) is 0 Å². The van der Waals surface area contributed by atoms with E-state index in [-0.39, 0.29) is 5.54 Å². The Kier molecular flexibility index (Phi) is 4.24. The Balaban J connectivity index is 1.73. The predicted octanol–water partition coefficient (Wildman–Crippen LogP) is 2.76. The first-order chi connectivity index (χ1) is 8.18. The quantitative estimate of drug-likeness (QED) is 0.854. The topological polar surface area (TPSA) is 42.4 Å².